The second-order valence-electron chi connectivity index (χ2n) is 19.6. The number of benzene rings is 6. The van der Waals surface area contributed by atoms with E-state index in [1.54, 1.807) is 40.6 Å². The molecule has 0 aliphatic heterocycles. The van der Waals surface area contributed by atoms with Gasteiger partial charge in [0.1, 0.15) is 6.29 Å². The smallest absolute Gasteiger partial charge is 1.00 e. The van der Waals surface area contributed by atoms with Gasteiger partial charge in [0.25, 0.3) is 10.1 Å². The van der Waals surface area contributed by atoms with Crippen LogP contribution in [-0.2, 0) is 78.4 Å². The fraction of sp³-hybridized carbons (Fsp3) is 0.394. The summed E-state index contributed by atoms with van der Waals surface area (Å²) < 4.78 is 67.7. The molecule has 0 heterocycles. The van der Waals surface area contributed by atoms with Gasteiger partial charge in [-0.05, 0) is 162 Å². The first kappa shape index (κ1) is 76.6. The number of halogens is 4. The van der Waals surface area contributed by atoms with Crippen molar-refractivity contribution in [1.82, 2.24) is 0 Å². The van der Waals surface area contributed by atoms with Crippen LogP contribution in [0.5, 0.6) is 0 Å². The van der Waals surface area contributed by atoms with Gasteiger partial charge in [0.15, 0.2) is 0 Å². The standard InChI is InChI=1S/C11H13BrO.C11H11Br.C11H14O2.C11H12O2.C10H11BrO.C7H8O3S.C4H9.CH3F.B.Li.Na.H/c1-13-11-6-5-9-8(7-12)3-2-4-10(9)11;1-8-5-9-3-2-4-10(7-12)11(9)6-8;2*1-13-11-6-5-9-8(7-12)3-2-4-10(9)11;1-12-10-6-5-7-8(10)3-2-4-9(7)11;1-6-2-4-7(5-3-6)11(8,9)10;1-3-4-2;1-2;;;;/h2-4,11H,5-7H2,1H3;2-5H,6-7H2,1H3;2-4,11-12H,5-7H2,1H3;2-4,7,11H,5-6H2,1H3;2-4,10H,5-6H2,1H3;2-5H,1H3,(H,8,9,10);1,3-4H2,2H3;1H3;;;;/q;;;;;;-1;;;2*+1;-1/i;;;;;;;1D;;;;. The number of aldehydes is 1. The Morgan fingerprint density at radius 1 is 0.663 bits per heavy atom. The summed E-state index contributed by atoms with van der Waals surface area (Å²) in [6.45, 7) is 9.89. The van der Waals surface area contributed by atoms with Crippen molar-refractivity contribution in [3.63, 3.8) is 0 Å². The van der Waals surface area contributed by atoms with Crippen LogP contribution in [0.1, 0.15) is 168 Å². The van der Waals surface area contributed by atoms with E-state index < -0.39 is 17.3 Å². The van der Waals surface area contributed by atoms with E-state index >= 15 is 0 Å². The summed E-state index contributed by atoms with van der Waals surface area (Å²) in [6.07, 6.45) is 16.3. The Balaban J connectivity index is 0.000000966. The summed E-state index contributed by atoms with van der Waals surface area (Å²) in [5, 5.41) is 11.0. The van der Waals surface area contributed by atoms with Crippen molar-refractivity contribution in [2.24, 2.45) is 0 Å². The summed E-state index contributed by atoms with van der Waals surface area (Å²) >= 11 is 10.6. The molecule has 6 aromatic rings. The molecular weight excluding hydrogens is 1270 g/mol. The zero-order valence-electron chi connectivity index (χ0n) is 52.0. The van der Waals surface area contributed by atoms with Crippen LogP contribution in [0.15, 0.2) is 130 Å². The van der Waals surface area contributed by atoms with E-state index in [9.17, 15) is 17.6 Å². The molecule has 4 unspecified atom stereocenters. The number of hydrogen-bond acceptors (Lipinski definition) is 8. The molecule has 0 saturated heterocycles. The summed E-state index contributed by atoms with van der Waals surface area (Å²) in [4.78, 5) is 10.7. The van der Waals surface area contributed by atoms with Gasteiger partial charge < -0.3 is 32.4 Å². The minimum absolute atomic E-state index is 0. The van der Waals surface area contributed by atoms with Gasteiger partial charge >= 0.3 is 48.4 Å². The zero-order valence-corrected chi connectivity index (χ0v) is 57.6. The van der Waals surface area contributed by atoms with Crippen molar-refractivity contribution in [2.75, 3.05) is 35.6 Å². The van der Waals surface area contributed by atoms with E-state index in [2.05, 4.69) is 135 Å². The average Bonchev–Trinajstić information content (AvgIpc) is 3.88. The van der Waals surface area contributed by atoms with Gasteiger partial charge in [0.2, 0.25) is 0 Å². The van der Waals surface area contributed by atoms with Crippen LogP contribution in [0.25, 0.3) is 6.08 Å². The Morgan fingerprint density at radius 2 is 1.05 bits per heavy atom. The molecule has 83 heavy (non-hydrogen) atoms. The van der Waals surface area contributed by atoms with Gasteiger partial charge in [-0.25, -0.2) is 0 Å². The fourth-order valence-electron chi connectivity index (χ4n) is 10.4. The van der Waals surface area contributed by atoms with E-state index in [0.717, 1.165) is 97.8 Å². The molecule has 0 spiro atoms. The van der Waals surface area contributed by atoms with Crippen molar-refractivity contribution in [2.45, 2.75) is 138 Å². The second kappa shape index (κ2) is 41.6. The Bertz CT molecular complexity index is 2990. The van der Waals surface area contributed by atoms with Gasteiger partial charge in [0, 0.05) is 57.5 Å². The van der Waals surface area contributed by atoms with E-state index in [1.165, 1.54) is 95.4 Å². The Morgan fingerprint density at radius 3 is 1.48 bits per heavy atom. The number of alkyl halides is 3. The first-order chi connectivity index (χ1) is 39.1. The minimum Gasteiger partial charge on any atom is -1.00 e. The number of ether oxygens (including phenoxy) is 4. The molecule has 0 saturated carbocycles. The van der Waals surface area contributed by atoms with Gasteiger partial charge in [-0.2, -0.15) is 14.8 Å². The first-order valence-electron chi connectivity index (χ1n) is 27.6. The van der Waals surface area contributed by atoms with Gasteiger partial charge in [-0.1, -0.05) is 175 Å². The molecule has 439 valence electrons. The molecule has 0 bridgehead atoms. The quantitative estimate of drug-likeness (QED) is 0.0453. The first-order valence-corrected chi connectivity index (χ1v) is 31.4. The van der Waals surface area contributed by atoms with Gasteiger partial charge in [-0.3, -0.25) is 13.7 Å². The predicted octanol–water partition coefficient (Wildman–Crippen LogP) is 11.0. The minimum atomic E-state index is -4.02. The monoisotopic (exact) mass is 1350 g/mol. The molecule has 4 atom stereocenters. The molecule has 3 radical (unpaired) electrons. The maximum atomic E-state index is 10.7. The van der Waals surface area contributed by atoms with Crippen molar-refractivity contribution >= 4 is 78.7 Å². The Labute approximate surface area is 560 Å². The van der Waals surface area contributed by atoms with Crippen molar-refractivity contribution in [3.05, 3.63) is 216 Å². The van der Waals surface area contributed by atoms with Crippen LogP contribution >= 0.6 is 47.8 Å². The molecule has 0 aromatic heterocycles. The number of unbranched alkanes of at least 4 members (excludes halogenated alkanes) is 1. The van der Waals surface area contributed by atoms with E-state index in [4.69, 9.17) is 30.0 Å². The predicted molar refractivity (Wildman–Crippen MR) is 341 cm³/mol. The number of fused-ring (bicyclic) bond motifs is 5. The molecular formula is C66H82BBr3FLiNaO9S. The number of carbonyl (C=O) groups excluding carboxylic acids is 1. The molecule has 0 fully saturated rings. The number of aliphatic hydroxyl groups is 1. The Hall–Kier alpha value is -2.53. The molecule has 9 nitrogen and oxygen atoms in total. The van der Waals surface area contributed by atoms with Crippen LogP contribution in [0.3, 0.4) is 0 Å². The third-order valence-electron chi connectivity index (χ3n) is 14.6. The summed E-state index contributed by atoms with van der Waals surface area (Å²) in [7, 11) is 2.01. The second-order valence-corrected chi connectivity index (χ2v) is 23.0. The topological polar surface area (TPSA) is 129 Å². The Kier molecular flexibility index (Phi) is 38.4. The van der Waals surface area contributed by atoms with Crippen LogP contribution < -0.4 is 48.4 Å². The number of rotatable bonds is 10. The van der Waals surface area contributed by atoms with Crippen molar-refractivity contribution in [3.8, 4) is 0 Å². The summed E-state index contributed by atoms with van der Waals surface area (Å²) in [5.41, 5.74) is 20.6. The molecule has 17 heteroatoms. The SMILES string of the molecule is CC1=Cc2cccc(CBr)c2C1.COC1CCc2c(Br)cccc21.COC1CCc2c(C=O)cccc21.COC1CCc2c(CBr)cccc21.COC1CCc2c(CO)cccc21.Cc1ccc(S(=O)(=O)O)cc1.[2H]CF.[B].[CH2-]CCC.[H-].[Li+].[Na+]. The molecule has 5 aliphatic rings. The van der Waals surface area contributed by atoms with Gasteiger partial charge in [0.05, 0.1) is 44.4 Å². The van der Waals surface area contributed by atoms with E-state index in [1.807, 2.05) is 37.3 Å². The number of allylic oxidation sites excluding steroid dienone is 1. The van der Waals surface area contributed by atoms with Gasteiger partial charge in [-0.15, -0.1) is 0 Å². The van der Waals surface area contributed by atoms with E-state index in [-0.39, 0.29) is 82.0 Å². The maximum Gasteiger partial charge on any atom is 1.00 e. The van der Waals surface area contributed by atoms with Crippen LogP contribution in [0.2, 0.25) is 0 Å². The average molecular weight is 1350 g/mol. The fourth-order valence-corrected chi connectivity index (χ4v) is 12.5. The molecule has 5 aliphatic carbocycles. The molecule has 0 amide bonds. The van der Waals surface area contributed by atoms with E-state index in [0.29, 0.717) is 12.2 Å². The third-order valence-corrected chi connectivity index (χ3v) is 17.4. The third kappa shape index (κ3) is 22.9. The van der Waals surface area contributed by atoms with Crippen molar-refractivity contribution < 1.29 is 97.4 Å². The number of hydrogen-bond donors (Lipinski definition) is 2. The number of carbonyl (C=O) groups is 1. The van der Waals surface area contributed by atoms with Crippen molar-refractivity contribution in [1.29, 1.82) is 0 Å². The maximum absolute atomic E-state index is 10.7. The number of methoxy groups -OCH3 is 4. The molecule has 6 aromatic carbocycles. The molecule has 2 N–H and O–H groups in total. The van der Waals surface area contributed by atoms with Crippen LogP contribution in [0.4, 0.5) is 4.39 Å². The van der Waals surface area contributed by atoms with Crippen LogP contribution in [0, 0.1) is 13.8 Å². The number of aryl methyl sites for hydroxylation is 1. The van der Waals surface area contributed by atoms with Crippen LogP contribution in [-0.4, -0.2) is 68.4 Å². The summed E-state index contributed by atoms with van der Waals surface area (Å²) in [5.74, 6) is 0. The largest absolute Gasteiger partial charge is 1.00 e. The summed E-state index contributed by atoms with van der Waals surface area (Å²) in [6, 6.07) is 37.2. The number of aliphatic hydroxyl groups excluding tert-OH is 1. The molecule has 11 rings (SSSR count). The zero-order chi connectivity index (χ0) is 59.5. The normalized spacial score (nSPS) is 16.7.